The van der Waals surface area contributed by atoms with E-state index in [2.05, 4.69) is 9.98 Å². The summed E-state index contributed by atoms with van der Waals surface area (Å²) < 4.78 is 19.3. The fourth-order valence-corrected chi connectivity index (χ4v) is 2.55. The van der Waals surface area contributed by atoms with E-state index in [1.54, 1.807) is 12.1 Å². The molecule has 0 radical (unpaired) electrons. The van der Waals surface area contributed by atoms with Gasteiger partial charge in [-0.25, -0.2) is 4.39 Å². The number of aromatic nitrogens is 1. The summed E-state index contributed by atoms with van der Waals surface area (Å²) in [7, 11) is 1.38. The molecule has 0 N–H and O–H groups in total. The number of rotatable bonds is 3. The predicted molar refractivity (Wildman–Crippen MR) is 91.7 cm³/mol. The summed E-state index contributed by atoms with van der Waals surface area (Å²) in [6.45, 7) is 1.94. The van der Waals surface area contributed by atoms with Gasteiger partial charge in [0.25, 0.3) is 0 Å². The molecule has 0 aliphatic heterocycles. The summed E-state index contributed by atoms with van der Waals surface area (Å²) in [5, 5.41) is 1.14. The number of nitrogens with zero attached hydrogens (tertiary/aromatic N) is 2. The number of fused-ring (bicyclic) bond motifs is 1. The molecule has 0 fully saturated rings. The fraction of sp³-hybridized carbons (Fsp3) is 0.111. The van der Waals surface area contributed by atoms with Gasteiger partial charge in [-0.05, 0) is 43.3 Å². The maximum absolute atomic E-state index is 14.3. The lowest BCUT2D eigenvalue weighted by atomic mass is 10.1. The summed E-state index contributed by atoms with van der Waals surface area (Å²) in [4.78, 5) is 8.86. The molecule has 0 spiro atoms. The number of ether oxygens (including phenoxy) is 1. The molecule has 0 saturated carbocycles. The normalized spacial score (nSPS) is 11.3. The maximum Gasteiger partial charge on any atom is 0.175 e. The molecule has 0 amide bonds. The molecule has 5 heteroatoms. The molecule has 0 unspecified atom stereocenters. The minimum atomic E-state index is -0.530. The Bertz CT molecular complexity index is 909. The van der Waals surface area contributed by atoms with Crippen molar-refractivity contribution in [3.05, 3.63) is 64.6 Å². The van der Waals surface area contributed by atoms with Crippen molar-refractivity contribution in [1.29, 1.82) is 0 Å². The van der Waals surface area contributed by atoms with Crippen LogP contribution in [0.15, 0.2) is 47.5 Å². The molecule has 0 bridgehead atoms. The molecule has 0 aliphatic rings. The molecule has 1 aromatic heterocycles. The van der Waals surface area contributed by atoms with Crippen molar-refractivity contribution < 1.29 is 9.13 Å². The van der Waals surface area contributed by atoms with Crippen molar-refractivity contribution in [1.82, 2.24) is 4.98 Å². The van der Waals surface area contributed by atoms with E-state index in [1.165, 1.54) is 13.3 Å². The zero-order valence-corrected chi connectivity index (χ0v) is 13.4. The lowest BCUT2D eigenvalue weighted by Crippen LogP contribution is -1.95. The van der Waals surface area contributed by atoms with Gasteiger partial charge in [-0.3, -0.25) is 9.98 Å². The quantitative estimate of drug-likeness (QED) is 0.627. The Morgan fingerprint density at radius 2 is 2.00 bits per heavy atom. The van der Waals surface area contributed by atoms with E-state index >= 15 is 0 Å². The molecule has 0 aliphatic carbocycles. The van der Waals surface area contributed by atoms with E-state index in [9.17, 15) is 4.39 Å². The molecule has 3 aromatic rings. The van der Waals surface area contributed by atoms with E-state index in [1.807, 2.05) is 37.3 Å². The van der Waals surface area contributed by atoms with E-state index in [0.717, 1.165) is 22.3 Å². The summed E-state index contributed by atoms with van der Waals surface area (Å²) in [6, 6.07) is 12.7. The van der Waals surface area contributed by atoms with Crippen molar-refractivity contribution in [2.24, 2.45) is 4.99 Å². The predicted octanol–water partition coefficient (Wildman–Crippen LogP) is 5.09. The van der Waals surface area contributed by atoms with Gasteiger partial charge >= 0.3 is 0 Å². The van der Waals surface area contributed by atoms with Crippen LogP contribution in [0.2, 0.25) is 5.02 Å². The Hall–Kier alpha value is -2.46. The molecule has 23 heavy (non-hydrogen) atoms. The second kappa shape index (κ2) is 6.34. The zero-order chi connectivity index (χ0) is 16.4. The number of pyridine rings is 1. The minimum Gasteiger partial charge on any atom is -0.492 e. The smallest absolute Gasteiger partial charge is 0.175 e. The molecule has 1 heterocycles. The number of methoxy groups -OCH3 is 1. The monoisotopic (exact) mass is 328 g/mol. The highest BCUT2D eigenvalue weighted by molar-refractivity contribution is 6.32. The topological polar surface area (TPSA) is 34.5 Å². The Kier molecular flexibility index (Phi) is 4.26. The van der Waals surface area contributed by atoms with Crippen LogP contribution in [0.5, 0.6) is 5.75 Å². The number of halogens is 2. The number of hydrogen-bond acceptors (Lipinski definition) is 3. The zero-order valence-electron chi connectivity index (χ0n) is 12.7. The standard InChI is InChI=1S/C18H14ClFN2O/c1-11-6-8-13-15(4-3-5-16(13)22-11)21-10-12-7-9-14(19)18(23-2)17(12)20/h3-10H,1-2H3/b21-10-. The molecule has 3 rings (SSSR count). The van der Waals surface area contributed by atoms with Crippen LogP contribution < -0.4 is 4.74 Å². The molecular formula is C18H14ClFN2O. The first kappa shape index (κ1) is 15.4. The average Bonchev–Trinajstić information content (AvgIpc) is 2.54. The van der Waals surface area contributed by atoms with E-state index in [-0.39, 0.29) is 10.8 Å². The highest BCUT2D eigenvalue weighted by Crippen LogP contribution is 2.30. The molecular weight excluding hydrogens is 315 g/mol. The van der Waals surface area contributed by atoms with Gasteiger partial charge in [0.05, 0.1) is 23.3 Å². The second-order valence-electron chi connectivity index (χ2n) is 5.04. The van der Waals surface area contributed by atoms with Crippen LogP contribution in [0.25, 0.3) is 10.9 Å². The van der Waals surface area contributed by atoms with Gasteiger partial charge in [0, 0.05) is 22.9 Å². The van der Waals surface area contributed by atoms with Gasteiger partial charge in [0.15, 0.2) is 11.6 Å². The largest absolute Gasteiger partial charge is 0.492 e. The second-order valence-corrected chi connectivity index (χ2v) is 5.45. The van der Waals surface area contributed by atoms with E-state index < -0.39 is 5.82 Å². The lowest BCUT2D eigenvalue weighted by Gasteiger charge is -2.06. The van der Waals surface area contributed by atoms with Crippen LogP contribution >= 0.6 is 11.6 Å². The van der Waals surface area contributed by atoms with Crippen molar-refractivity contribution in [2.75, 3.05) is 7.11 Å². The molecule has 0 saturated heterocycles. The number of benzene rings is 2. The summed E-state index contributed by atoms with van der Waals surface area (Å²) in [5.41, 5.74) is 2.83. The third-order valence-corrected chi connectivity index (χ3v) is 3.77. The molecule has 0 atom stereocenters. The molecule has 3 nitrogen and oxygen atoms in total. The Morgan fingerprint density at radius 3 is 2.78 bits per heavy atom. The van der Waals surface area contributed by atoms with Crippen LogP contribution in [0.1, 0.15) is 11.3 Å². The van der Waals surface area contributed by atoms with Gasteiger partial charge in [-0.1, -0.05) is 17.7 Å². The van der Waals surface area contributed by atoms with E-state index in [4.69, 9.17) is 16.3 Å². The highest BCUT2D eigenvalue weighted by Gasteiger charge is 2.11. The van der Waals surface area contributed by atoms with Crippen LogP contribution in [0.4, 0.5) is 10.1 Å². The van der Waals surface area contributed by atoms with Crippen molar-refractivity contribution >= 4 is 34.4 Å². The number of hydrogen-bond donors (Lipinski definition) is 0. The van der Waals surface area contributed by atoms with Gasteiger partial charge in [-0.2, -0.15) is 0 Å². The van der Waals surface area contributed by atoms with Crippen molar-refractivity contribution in [3.63, 3.8) is 0 Å². The first-order valence-corrected chi connectivity index (χ1v) is 7.40. The summed E-state index contributed by atoms with van der Waals surface area (Å²) in [5.74, 6) is -0.510. The van der Waals surface area contributed by atoms with Crippen LogP contribution in [-0.4, -0.2) is 18.3 Å². The third kappa shape index (κ3) is 3.03. The van der Waals surface area contributed by atoms with Gasteiger partial charge in [0.2, 0.25) is 0 Å². The number of aryl methyl sites for hydroxylation is 1. The van der Waals surface area contributed by atoms with Gasteiger partial charge < -0.3 is 4.74 Å². The summed E-state index contributed by atoms with van der Waals surface area (Å²) >= 11 is 5.89. The highest BCUT2D eigenvalue weighted by atomic mass is 35.5. The minimum absolute atomic E-state index is 0.0193. The number of aliphatic imine (C=N–C) groups is 1. The van der Waals surface area contributed by atoms with Crippen LogP contribution in [-0.2, 0) is 0 Å². The average molecular weight is 329 g/mol. The molecule has 2 aromatic carbocycles. The Balaban J connectivity index is 2.04. The Morgan fingerprint density at radius 1 is 1.17 bits per heavy atom. The maximum atomic E-state index is 14.3. The SMILES string of the molecule is COc1c(Cl)ccc(/C=N\c2cccc3nc(C)ccc23)c1F. The van der Waals surface area contributed by atoms with Crippen LogP contribution in [0.3, 0.4) is 0 Å². The van der Waals surface area contributed by atoms with Gasteiger partial charge in [-0.15, -0.1) is 0 Å². The van der Waals surface area contributed by atoms with Crippen molar-refractivity contribution in [3.8, 4) is 5.75 Å². The first-order chi connectivity index (χ1) is 11.1. The first-order valence-electron chi connectivity index (χ1n) is 7.02. The Labute approximate surface area is 138 Å². The summed E-state index contributed by atoms with van der Waals surface area (Å²) in [6.07, 6.45) is 1.46. The fourth-order valence-electron chi connectivity index (χ4n) is 2.33. The van der Waals surface area contributed by atoms with Gasteiger partial charge in [0.1, 0.15) is 0 Å². The lowest BCUT2D eigenvalue weighted by molar-refractivity contribution is 0.386. The molecule has 116 valence electrons. The van der Waals surface area contributed by atoms with E-state index in [0.29, 0.717) is 5.56 Å². The van der Waals surface area contributed by atoms with Crippen molar-refractivity contribution in [2.45, 2.75) is 6.92 Å². The van der Waals surface area contributed by atoms with Crippen LogP contribution in [0, 0.1) is 12.7 Å². The third-order valence-electron chi connectivity index (χ3n) is 3.47.